The third-order valence-corrected chi connectivity index (χ3v) is 3.05. The zero-order valence-electron chi connectivity index (χ0n) is 12.1. The Hall–Kier alpha value is -2.01. The summed E-state index contributed by atoms with van der Waals surface area (Å²) in [5.41, 5.74) is 1.98. The molecule has 0 saturated heterocycles. The van der Waals surface area contributed by atoms with Gasteiger partial charge in [-0.15, -0.1) is 0 Å². The van der Waals surface area contributed by atoms with Crippen LogP contribution in [0.1, 0.15) is 19.5 Å². The molecule has 20 heavy (non-hydrogen) atoms. The summed E-state index contributed by atoms with van der Waals surface area (Å²) in [6.45, 7) is 4.81. The maximum atomic E-state index is 5.23. The lowest BCUT2D eigenvalue weighted by molar-refractivity contribution is 0.128. The predicted octanol–water partition coefficient (Wildman–Crippen LogP) is 2.55. The van der Waals surface area contributed by atoms with Gasteiger partial charge in [-0.1, -0.05) is 6.92 Å². The van der Waals surface area contributed by atoms with Gasteiger partial charge in [-0.2, -0.15) is 0 Å². The minimum Gasteiger partial charge on any atom is -0.380 e. The van der Waals surface area contributed by atoms with E-state index in [4.69, 9.17) is 4.74 Å². The van der Waals surface area contributed by atoms with Crippen molar-refractivity contribution in [3.63, 3.8) is 0 Å². The molecule has 0 radical (unpaired) electrons. The predicted molar refractivity (Wildman–Crippen MR) is 79.6 cm³/mol. The Morgan fingerprint density at radius 2 is 2.00 bits per heavy atom. The quantitative estimate of drug-likeness (QED) is 0.875. The molecule has 2 rings (SSSR count). The van der Waals surface area contributed by atoms with Crippen molar-refractivity contribution in [2.24, 2.45) is 0 Å². The minimum atomic E-state index is 0.138. The number of hydrogen-bond donors (Lipinski definition) is 1. The van der Waals surface area contributed by atoms with Crippen molar-refractivity contribution in [2.45, 2.75) is 26.4 Å². The third-order valence-electron chi connectivity index (χ3n) is 3.05. The smallest absolute Gasteiger partial charge is 0.161 e. The van der Waals surface area contributed by atoms with Crippen LogP contribution in [0.3, 0.4) is 0 Å². The van der Waals surface area contributed by atoms with Crippen molar-refractivity contribution in [3.05, 3.63) is 36.3 Å². The van der Waals surface area contributed by atoms with Gasteiger partial charge in [0.25, 0.3) is 0 Å². The first-order chi connectivity index (χ1) is 9.72. The Bertz CT molecular complexity index is 545. The number of nitrogens with zero attached hydrogens (tertiary/aromatic N) is 3. The van der Waals surface area contributed by atoms with E-state index >= 15 is 0 Å². The van der Waals surface area contributed by atoms with Crippen LogP contribution in [0.4, 0.5) is 5.82 Å². The Kier molecular flexibility index (Phi) is 5.01. The van der Waals surface area contributed by atoms with E-state index < -0.39 is 0 Å². The standard InChI is InChI=1S/C15H20N4O/c1-4-13-9-14(17-10-11(2)20-3)19-15(18-13)12-5-7-16-8-6-12/h5-9,11H,4,10H2,1-3H3,(H,17,18,19). The van der Waals surface area contributed by atoms with Crippen molar-refractivity contribution in [3.8, 4) is 11.4 Å². The monoisotopic (exact) mass is 272 g/mol. The van der Waals surface area contributed by atoms with Crippen LogP contribution >= 0.6 is 0 Å². The van der Waals surface area contributed by atoms with E-state index in [2.05, 4.69) is 27.2 Å². The van der Waals surface area contributed by atoms with E-state index in [1.54, 1.807) is 19.5 Å². The topological polar surface area (TPSA) is 59.9 Å². The summed E-state index contributed by atoms with van der Waals surface area (Å²) in [6, 6.07) is 5.81. The number of nitrogens with one attached hydrogen (secondary N) is 1. The summed E-state index contributed by atoms with van der Waals surface area (Å²) in [4.78, 5) is 13.1. The lowest BCUT2D eigenvalue weighted by Gasteiger charge is -2.13. The number of aryl methyl sites for hydroxylation is 1. The first-order valence-electron chi connectivity index (χ1n) is 6.78. The minimum absolute atomic E-state index is 0.138. The molecule has 1 N–H and O–H groups in total. The number of pyridine rings is 1. The molecular weight excluding hydrogens is 252 g/mol. The molecule has 2 aromatic rings. The Morgan fingerprint density at radius 1 is 1.25 bits per heavy atom. The molecule has 0 aliphatic rings. The molecule has 0 aromatic carbocycles. The second-order valence-electron chi connectivity index (χ2n) is 4.58. The molecule has 2 heterocycles. The summed E-state index contributed by atoms with van der Waals surface area (Å²) >= 11 is 0. The number of ether oxygens (including phenoxy) is 1. The molecular formula is C15H20N4O. The molecule has 5 nitrogen and oxygen atoms in total. The second kappa shape index (κ2) is 6.96. The number of methoxy groups -OCH3 is 1. The van der Waals surface area contributed by atoms with Crippen LogP contribution in [0.5, 0.6) is 0 Å². The van der Waals surface area contributed by atoms with E-state index in [0.717, 1.165) is 29.3 Å². The zero-order valence-corrected chi connectivity index (χ0v) is 12.1. The van der Waals surface area contributed by atoms with Crippen molar-refractivity contribution < 1.29 is 4.74 Å². The molecule has 106 valence electrons. The van der Waals surface area contributed by atoms with Gasteiger partial charge in [0.2, 0.25) is 0 Å². The fourth-order valence-electron chi connectivity index (χ4n) is 1.73. The molecule has 2 aromatic heterocycles. The van der Waals surface area contributed by atoms with Gasteiger partial charge in [0.1, 0.15) is 5.82 Å². The average molecular weight is 272 g/mol. The summed E-state index contributed by atoms with van der Waals surface area (Å²) in [5, 5.41) is 3.29. The summed E-state index contributed by atoms with van der Waals surface area (Å²) < 4.78 is 5.23. The third kappa shape index (κ3) is 3.74. The van der Waals surface area contributed by atoms with Gasteiger partial charge in [0.05, 0.1) is 6.10 Å². The Balaban J connectivity index is 2.25. The van der Waals surface area contributed by atoms with Crippen molar-refractivity contribution in [2.75, 3.05) is 19.0 Å². The molecule has 0 bridgehead atoms. The van der Waals surface area contributed by atoms with Gasteiger partial charge in [0, 0.05) is 43.4 Å². The molecule has 0 amide bonds. The lowest BCUT2D eigenvalue weighted by Crippen LogP contribution is -2.19. The number of aromatic nitrogens is 3. The molecule has 5 heteroatoms. The molecule has 1 unspecified atom stereocenters. The van der Waals surface area contributed by atoms with Gasteiger partial charge in [-0.3, -0.25) is 4.98 Å². The first kappa shape index (κ1) is 14.4. The van der Waals surface area contributed by atoms with E-state index in [1.807, 2.05) is 25.1 Å². The average Bonchev–Trinajstić information content (AvgIpc) is 2.53. The normalized spacial score (nSPS) is 12.2. The number of hydrogen-bond acceptors (Lipinski definition) is 5. The van der Waals surface area contributed by atoms with Crippen LogP contribution in [-0.2, 0) is 11.2 Å². The van der Waals surface area contributed by atoms with Gasteiger partial charge >= 0.3 is 0 Å². The highest BCUT2D eigenvalue weighted by Gasteiger charge is 2.07. The van der Waals surface area contributed by atoms with Crippen LogP contribution in [-0.4, -0.2) is 34.7 Å². The Labute approximate surface area is 119 Å². The van der Waals surface area contributed by atoms with Crippen LogP contribution in [0.2, 0.25) is 0 Å². The van der Waals surface area contributed by atoms with Gasteiger partial charge < -0.3 is 10.1 Å². The largest absolute Gasteiger partial charge is 0.380 e. The molecule has 1 atom stereocenters. The maximum Gasteiger partial charge on any atom is 0.161 e. The van der Waals surface area contributed by atoms with Crippen LogP contribution in [0.25, 0.3) is 11.4 Å². The Morgan fingerprint density at radius 3 is 2.65 bits per heavy atom. The van der Waals surface area contributed by atoms with E-state index in [-0.39, 0.29) is 6.10 Å². The van der Waals surface area contributed by atoms with Gasteiger partial charge in [-0.05, 0) is 25.5 Å². The molecule has 0 aliphatic heterocycles. The van der Waals surface area contributed by atoms with E-state index in [0.29, 0.717) is 6.54 Å². The van der Waals surface area contributed by atoms with Crippen LogP contribution in [0, 0.1) is 0 Å². The number of anilines is 1. The first-order valence-corrected chi connectivity index (χ1v) is 6.78. The summed E-state index contributed by atoms with van der Waals surface area (Å²) in [5.74, 6) is 1.55. The zero-order chi connectivity index (χ0) is 14.4. The summed E-state index contributed by atoms with van der Waals surface area (Å²) in [6.07, 6.45) is 4.50. The number of rotatable bonds is 6. The molecule has 0 aliphatic carbocycles. The van der Waals surface area contributed by atoms with Crippen molar-refractivity contribution >= 4 is 5.82 Å². The second-order valence-corrected chi connectivity index (χ2v) is 4.58. The highest BCUT2D eigenvalue weighted by atomic mass is 16.5. The van der Waals surface area contributed by atoms with Crippen molar-refractivity contribution in [1.29, 1.82) is 0 Å². The van der Waals surface area contributed by atoms with Crippen LogP contribution < -0.4 is 5.32 Å². The summed E-state index contributed by atoms with van der Waals surface area (Å²) in [7, 11) is 1.70. The SMILES string of the molecule is CCc1cc(NCC(C)OC)nc(-c2ccncc2)n1. The van der Waals surface area contributed by atoms with E-state index in [1.165, 1.54) is 0 Å². The lowest BCUT2D eigenvalue weighted by atomic mass is 10.2. The molecule has 0 saturated carbocycles. The van der Waals surface area contributed by atoms with Crippen LogP contribution in [0.15, 0.2) is 30.6 Å². The highest BCUT2D eigenvalue weighted by Crippen LogP contribution is 2.17. The molecule has 0 fully saturated rings. The fraction of sp³-hybridized carbons (Fsp3) is 0.400. The van der Waals surface area contributed by atoms with Gasteiger partial charge in [0.15, 0.2) is 5.82 Å². The van der Waals surface area contributed by atoms with E-state index in [9.17, 15) is 0 Å². The highest BCUT2D eigenvalue weighted by molar-refractivity contribution is 5.56. The molecule has 0 spiro atoms. The fourth-order valence-corrected chi connectivity index (χ4v) is 1.73. The van der Waals surface area contributed by atoms with Gasteiger partial charge in [-0.25, -0.2) is 9.97 Å². The van der Waals surface area contributed by atoms with Crippen molar-refractivity contribution in [1.82, 2.24) is 15.0 Å². The maximum absolute atomic E-state index is 5.23.